The van der Waals surface area contributed by atoms with Crippen LogP contribution in [0.5, 0.6) is 0 Å². The van der Waals surface area contributed by atoms with Crippen LogP contribution >= 0.6 is 0 Å². The molecule has 0 unspecified atom stereocenters. The highest BCUT2D eigenvalue weighted by atomic mass is 16.8. The molecule has 0 radical (unpaired) electrons. The van der Waals surface area contributed by atoms with Crippen LogP contribution in [0.4, 0.5) is 5.69 Å². The molecule has 8 nitrogen and oxygen atoms in total. The second-order valence-corrected chi connectivity index (χ2v) is 9.16. The third-order valence-electron chi connectivity index (χ3n) is 5.93. The summed E-state index contributed by atoms with van der Waals surface area (Å²) < 4.78 is 18.4. The van der Waals surface area contributed by atoms with Gasteiger partial charge >= 0.3 is 0 Å². The molecule has 0 spiro atoms. The van der Waals surface area contributed by atoms with E-state index in [2.05, 4.69) is 10.6 Å². The highest BCUT2D eigenvalue weighted by Crippen LogP contribution is 2.43. The Hall–Kier alpha value is -2.94. The molecule has 2 saturated heterocycles. The molecule has 0 saturated carbocycles. The van der Waals surface area contributed by atoms with E-state index in [4.69, 9.17) is 14.2 Å². The van der Waals surface area contributed by atoms with E-state index in [-0.39, 0.29) is 31.5 Å². The van der Waals surface area contributed by atoms with E-state index >= 15 is 0 Å². The van der Waals surface area contributed by atoms with Crippen molar-refractivity contribution in [1.29, 1.82) is 0 Å². The quantitative estimate of drug-likeness (QED) is 0.668. The summed E-state index contributed by atoms with van der Waals surface area (Å²) in [6.07, 6.45) is -0.835. The Bertz CT molecular complexity index is 1010. The van der Waals surface area contributed by atoms with Crippen molar-refractivity contribution in [3.8, 4) is 0 Å². The third-order valence-corrected chi connectivity index (χ3v) is 5.93. The monoisotopic (exact) mass is 453 g/mol. The number of rotatable bonds is 7. The summed E-state index contributed by atoms with van der Waals surface area (Å²) in [5.74, 6) is -1.20. The van der Waals surface area contributed by atoms with E-state index in [1.54, 1.807) is 18.2 Å². The zero-order chi connectivity index (χ0) is 23.6. The molecule has 2 aromatic carbocycles. The Kier molecular flexibility index (Phi) is 6.43. The van der Waals surface area contributed by atoms with Crippen LogP contribution in [-0.4, -0.2) is 69.2 Å². The summed E-state index contributed by atoms with van der Waals surface area (Å²) in [7, 11) is 3.86. The van der Waals surface area contributed by atoms with Gasteiger partial charge in [-0.1, -0.05) is 24.3 Å². The summed E-state index contributed by atoms with van der Waals surface area (Å²) in [6.45, 7) is 4.45. The van der Waals surface area contributed by atoms with Crippen LogP contribution in [0, 0.1) is 0 Å². The summed E-state index contributed by atoms with van der Waals surface area (Å²) >= 11 is 0. The lowest BCUT2D eigenvalue weighted by Gasteiger charge is -2.27. The third kappa shape index (κ3) is 5.03. The Morgan fingerprint density at radius 1 is 1.00 bits per heavy atom. The number of fused-ring (bicyclic) bond motifs is 1. The lowest BCUT2D eigenvalue weighted by Crippen LogP contribution is -2.52. The summed E-state index contributed by atoms with van der Waals surface area (Å²) in [4.78, 5) is 27.2. The fraction of sp³-hybridized carbons (Fsp3) is 0.440. The van der Waals surface area contributed by atoms with Gasteiger partial charge in [-0.3, -0.25) is 9.59 Å². The molecule has 0 aliphatic carbocycles. The van der Waals surface area contributed by atoms with Crippen LogP contribution < -0.4 is 15.5 Å². The minimum Gasteiger partial charge on any atom is -0.378 e. The predicted molar refractivity (Wildman–Crippen MR) is 124 cm³/mol. The maximum atomic E-state index is 12.7. The second kappa shape index (κ2) is 9.13. The molecule has 2 fully saturated rings. The Labute approximate surface area is 194 Å². The number of benzene rings is 2. The molecule has 2 aliphatic heterocycles. The van der Waals surface area contributed by atoms with E-state index in [9.17, 15) is 9.59 Å². The summed E-state index contributed by atoms with van der Waals surface area (Å²) in [5, 5.41) is 5.90. The number of carbonyl (C=O) groups excluding carboxylic acids is 2. The molecule has 4 rings (SSSR count). The molecule has 8 heteroatoms. The standard InChI is InChI=1S/C25H31N3O5/c1-24(2)32-21-20(14-26-23(30)18-11-8-12-19(13-18)28(3)4)31-16-25(21,33-24)15-27-22(29)17-9-6-5-7-10-17/h5-13,20-21H,14-16H2,1-4H3,(H,26,30)(H,27,29)/t20-,21-,25+/m1/s1. The van der Waals surface area contributed by atoms with Gasteiger partial charge in [-0.2, -0.15) is 0 Å². The van der Waals surface area contributed by atoms with Gasteiger partial charge < -0.3 is 29.7 Å². The number of carbonyl (C=O) groups is 2. The molecule has 33 heavy (non-hydrogen) atoms. The van der Waals surface area contributed by atoms with E-state index in [0.29, 0.717) is 11.1 Å². The van der Waals surface area contributed by atoms with Gasteiger partial charge in [-0.25, -0.2) is 0 Å². The SMILES string of the molecule is CN(C)c1cccc(C(=O)NC[C@H]2OC[C@]3(CNC(=O)c4ccccc4)OC(C)(C)O[C@H]23)c1. The molecule has 0 bridgehead atoms. The van der Waals surface area contributed by atoms with E-state index in [1.807, 2.05) is 69.2 Å². The van der Waals surface area contributed by atoms with Crippen molar-refractivity contribution in [1.82, 2.24) is 10.6 Å². The van der Waals surface area contributed by atoms with Crippen molar-refractivity contribution < 1.29 is 23.8 Å². The Morgan fingerprint density at radius 3 is 2.42 bits per heavy atom. The zero-order valence-corrected chi connectivity index (χ0v) is 19.5. The van der Waals surface area contributed by atoms with Gasteiger partial charge in [-0.15, -0.1) is 0 Å². The van der Waals surface area contributed by atoms with Crippen molar-refractivity contribution in [2.45, 2.75) is 37.4 Å². The molecule has 2 heterocycles. The molecular formula is C25H31N3O5. The minimum atomic E-state index is -0.825. The lowest BCUT2D eigenvalue weighted by atomic mass is 9.96. The van der Waals surface area contributed by atoms with E-state index < -0.39 is 23.6 Å². The van der Waals surface area contributed by atoms with Crippen molar-refractivity contribution in [3.63, 3.8) is 0 Å². The first-order valence-electron chi connectivity index (χ1n) is 11.1. The molecule has 2 N–H and O–H groups in total. The smallest absolute Gasteiger partial charge is 0.251 e. The number of anilines is 1. The van der Waals surface area contributed by atoms with Crippen molar-refractivity contribution in [2.75, 3.05) is 38.7 Å². The molecular weight excluding hydrogens is 422 g/mol. The van der Waals surface area contributed by atoms with Crippen molar-refractivity contribution >= 4 is 17.5 Å². The maximum Gasteiger partial charge on any atom is 0.251 e. The number of nitrogens with zero attached hydrogens (tertiary/aromatic N) is 1. The highest BCUT2D eigenvalue weighted by molar-refractivity contribution is 5.95. The Morgan fingerprint density at radius 2 is 1.70 bits per heavy atom. The molecule has 3 atom stereocenters. The summed E-state index contributed by atoms with van der Waals surface area (Å²) in [6, 6.07) is 16.4. The van der Waals surface area contributed by atoms with Gasteiger partial charge in [0.15, 0.2) is 5.79 Å². The molecule has 2 aliphatic rings. The maximum absolute atomic E-state index is 12.7. The highest BCUT2D eigenvalue weighted by Gasteiger charge is 2.61. The first-order chi connectivity index (χ1) is 15.7. The van der Waals surface area contributed by atoms with Crippen LogP contribution in [0.3, 0.4) is 0 Å². The first kappa shape index (κ1) is 23.2. The molecule has 2 aromatic rings. The molecule has 176 valence electrons. The van der Waals surface area contributed by atoms with Crippen molar-refractivity contribution in [3.05, 3.63) is 65.7 Å². The number of amides is 2. The number of ether oxygens (including phenoxy) is 3. The zero-order valence-electron chi connectivity index (χ0n) is 19.5. The fourth-order valence-electron chi connectivity index (χ4n) is 4.34. The molecule has 0 aromatic heterocycles. The van der Waals surface area contributed by atoms with Gasteiger partial charge in [0.25, 0.3) is 11.8 Å². The Balaban J connectivity index is 1.41. The number of nitrogens with one attached hydrogen (secondary N) is 2. The summed E-state index contributed by atoms with van der Waals surface area (Å²) in [5.41, 5.74) is 1.27. The predicted octanol–water partition coefficient (Wildman–Crippen LogP) is 2.20. The van der Waals surface area contributed by atoms with Crippen LogP contribution in [0.15, 0.2) is 54.6 Å². The van der Waals surface area contributed by atoms with Gasteiger partial charge in [0.05, 0.1) is 13.2 Å². The van der Waals surface area contributed by atoms with Crippen LogP contribution in [0.25, 0.3) is 0 Å². The lowest BCUT2D eigenvalue weighted by molar-refractivity contribution is -0.188. The van der Waals surface area contributed by atoms with Crippen LogP contribution in [-0.2, 0) is 14.2 Å². The topological polar surface area (TPSA) is 89.1 Å². The normalized spacial score (nSPS) is 25.3. The number of hydrogen-bond acceptors (Lipinski definition) is 6. The van der Waals surface area contributed by atoms with Crippen LogP contribution in [0.1, 0.15) is 34.6 Å². The minimum absolute atomic E-state index is 0.185. The molecule has 2 amide bonds. The number of hydrogen-bond donors (Lipinski definition) is 2. The average molecular weight is 454 g/mol. The second-order valence-electron chi connectivity index (χ2n) is 9.16. The van der Waals surface area contributed by atoms with Gasteiger partial charge in [0, 0.05) is 37.5 Å². The van der Waals surface area contributed by atoms with Gasteiger partial charge in [0.1, 0.15) is 17.8 Å². The van der Waals surface area contributed by atoms with Crippen molar-refractivity contribution in [2.24, 2.45) is 0 Å². The van der Waals surface area contributed by atoms with Gasteiger partial charge in [0.2, 0.25) is 0 Å². The average Bonchev–Trinajstić information content (AvgIpc) is 3.26. The largest absolute Gasteiger partial charge is 0.378 e. The van der Waals surface area contributed by atoms with E-state index in [0.717, 1.165) is 5.69 Å². The van der Waals surface area contributed by atoms with Gasteiger partial charge in [-0.05, 0) is 44.2 Å². The fourth-order valence-corrected chi connectivity index (χ4v) is 4.34. The van der Waals surface area contributed by atoms with E-state index in [1.165, 1.54) is 0 Å². The first-order valence-corrected chi connectivity index (χ1v) is 11.1. The van der Waals surface area contributed by atoms with Crippen LogP contribution in [0.2, 0.25) is 0 Å².